The zero-order chi connectivity index (χ0) is 17.4. The van der Waals surface area contributed by atoms with Gasteiger partial charge in [0.1, 0.15) is 22.7 Å². The van der Waals surface area contributed by atoms with E-state index in [1.807, 2.05) is 6.07 Å². The van der Waals surface area contributed by atoms with Crippen LogP contribution in [-0.4, -0.2) is 27.7 Å². The molecular formula is C17H14F2N4OS. The Bertz CT molecular complexity index is 959. The lowest BCUT2D eigenvalue weighted by Gasteiger charge is -2.31. The molecule has 3 aromatic rings. The predicted molar refractivity (Wildman–Crippen MR) is 92.9 cm³/mol. The molecule has 1 aromatic heterocycles. The third-order valence-electron chi connectivity index (χ3n) is 4.23. The quantitative estimate of drug-likeness (QED) is 0.778. The highest BCUT2D eigenvalue weighted by Crippen LogP contribution is 2.30. The van der Waals surface area contributed by atoms with E-state index in [0.29, 0.717) is 41.8 Å². The number of nitrogens with zero attached hydrogens (tertiary/aromatic N) is 3. The molecule has 2 heterocycles. The van der Waals surface area contributed by atoms with Crippen molar-refractivity contribution in [2.75, 3.05) is 23.3 Å². The van der Waals surface area contributed by atoms with Gasteiger partial charge in [-0.3, -0.25) is 4.79 Å². The van der Waals surface area contributed by atoms with Gasteiger partial charge in [0.2, 0.25) is 5.91 Å². The van der Waals surface area contributed by atoms with E-state index >= 15 is 0 Å². The molecule has 0 unspecified atom stereocenters. The summed E-state index contributed by atoms with van der Waals surface area (Å²) in [7, 11) is 0. The maximum atomic E-state index is 13.9. The van der Waals surface area contributed by atoms with Crippen molar-refractivity contribution in [2.45, 2.75) is 12.8 Å². The third-order valence-corrected chi connectivity index (χ3v) is 4.77. The number of anilines is 2. The topological polar surface area (TPSA) is 58.1 Å². The van der Waals surface area contributed by atoms with Gasteiger partial charge in [0.05, 0.1) is 24.0 Å². The summed E-state index contributed by atoms with van der Waals surface area (Å²) < 4.78 is 35.8. The van der Waals surface area contributed by atoms with Crippen molar-refractivity contribution in [3.63, 3.8) is 0 Å². The molecule has 1 N–H and O–H groups in total. The van der Waals surface area contributed by atoms with Gasteiger partial charge in [-0.1, -0.05) is 6.07 Å². The summed E-state index contributed by atoms with van der Waals surface area (Å²) in [5.74, 6) is -1.46. The van der Waals surface area contributed by atoms with Crippen molar-refractivity contribution >= 4 is 40.0 Å². The molecule has 0 saturated carbocycles. The molecule has 5 nitrogen and oxygen atoms in total. The summed E-state index contributed by atoms with van der Waals surface area (Å²) in [6.07, 6.45) is 1.26. The molecule has 128 valence electrons. The Morgan fingerprint density at radius 1 is 1.28 bits per heavy atom. The van der Waals surface area contributed by atoms with E-state index < -0.39 is 11.6 Å². The van der Waals surface area contributed by atoms with Crippen LogP contribution in [-0.2, 0) is 11.2 Å². The zero-order valence-electron chi connectivity index (χ0n) is 13.1. The van der Waals surface area contributed by atoms with Gasteiger partial charge in [0.25, 0.3) is 0 Å². The molecule has 0 bridgehead atoms. The van der Waals surface area contributed by atoms with Crippen LogP contribution in [0.3, 0.4) is 0 Å². The molecule has 0 fully saturated rings. The molecular weight excluding hydrogens is 346 g/mol. The second-order valence-corrected chi connectivity index (χ2v) is 6.42. The average molecular weight is 360 g/mol. The van der Waals surface area contributed by atoms with Gasteiger partial charge in [-0.05, 0) is 31.0 Å². The summed E-state index contributed by atoms with van der Waals surface area (Å²) >= 11 is 1.08. The highest BCUT2D eigenvalue weighted by molar-refractivity contribution is 7.00. The monoisotopic (exact) mass is 360 g/mol. The van der Waals surface area contributed by atoms with Gasteiger partial charge in [0.15, 0.2) is 0 Å². The standard InChI is InChI=1S/C17H14F2N4OS/c18-10-7-12(19)11-3-2-6-23(15(11)8-10)9-16(24)20-13-4-1-5-14-17(13)22-25-21-14/h1,4-5,7-8H,2-3,6,9H2,(H,20,24). The first-order valence-corrected chi connectivity index (χ1v) is 8.59. The third kappa shape index (κ3) is 3.05. The van der Waals surface area contributed by atoms with E-state index in [4.69, 9.17) is 0 Å². The van der Waals surface area contributed by atoms with Crippen LogP contribution in [0.25, 0.3) is 11.0 Å². The Labute approximate surface area is 146 Å². The van der Waals surface area contributed by atoms with Gasteiger partial charge in [-0.2, -0.15) is 8.75 Å². The Balaban J connectivity index is 1.55. The summed E-state index contributed by atoms with van der Waals surface area (Å²) in [4.78, 5) is 14.1. The van der Waals surface area contributed by atoms with Crippen LogP contribution in [0.2, 0.25) is 0 Å². The van der Waals surface area contributed by atoms with E-state index in [1.54, 1.807) is 17.0 Å². The van der Waals surface area contributed by atoms with E-state index in [-0.39, 0.29) is 12.5 Å². The van der Waals surface area contributed by atoms with Crippen LogP contribution < -0.4 is 10.2 Å². The van der Waals surface area contributed by atoms with Gasteiger partial charge >= 0.3 is 0 Å². The van der Waals surface area contributed by atoms with Gasteiger partial charge in [-0.25, -0.2) is 8.78 Å². The Morgan fingerprint density at radius 3 is 3.04 bits per heavy atom. The van der Waals surface area contributed by atoms with Crippen LogP contribution in [0.5, 0.6) is 0 Å². The SMILES string of the molecule is O=C(CN1CCCc2c(F)cc(F)cc21)Nc1cccc2nsnc12. The Morgan fingerprint density at radius 2 is 2.16 bits per heavy atom. The van der Waals surface area contributed by atoms with Crippen molar-refractivity contribution in [3.05, 3.63) is 47.5 Å². The first-order valence-electron chi connectivity index (χ1n) is 7.86. The second-order valence-electron chi connectivity index (χ2n) is 5.90. The minimum atomic E-state index is -0.637. The van der Waals surface area contributed by atoms with Gasteiger partial charge in [0, 0.05) is 23.9 Å². The smallest absolute Gasteiger partial charge is 0.243 e. The van der Waals surface area contributed by atoms with Gasteiger partial charge < -0.3 is 10.2 Å². The summed E-state index contributed by atoms with van der Waals surface area (Å²) in [5.41, 5.74) is 2.85. The molecule has 0 spiro atoms. The van der Waals surface area contributed by atoms with Crippen LogP contribution in [0, 0.1) is 11.6 Å². The highest BCUT2D eigenvalue weighted by Gasteiger charge is 2.23. The molecule has 1 aliphatic rings. The first-order chi connectivity index (χ1) is 12.1. The van der Waals surface area contributed by atoms with Crippen molar-refractivity contribution in [2.24, 2.45) is 0 Å². The van der Waals surface area contributed by atoms with Crippen LogP contribution >= 0.6 is 11.7 Å². The van der Waals surface area contributed by atoms with Crippen molar-refractivity contribution < 1.29 is 13.6 Å². The number of hydrogen-bond acceptors (Lipinski definition) is 5. The Hall–Kier alpha value is -2.61. The van der Waals surface area contributed by atoms with Crippen LogP contribution in [0.1, 0.15) is 12.0 Å². The lowest BCUT2D eigenvalue weighted by Crippen LogP contribution is -2.37. The average Bonchev–Trinajstić information content (AvgIpc) is 3.05. The number of halogens is 2. The number of nitrogens with one attached hydrogen (secondary N) is 1. The number of aromatic nitrogens is 2. The minimum absolute atomic E-state index is 0.0177. The second kappa shape index (κ2) is 6.36. The summed E-state index contributed by atoms with van der Waals surface area (Å²) in [5, 5.41) is 2.81. The predicted octanol–water partition coefficient (Wildman–Crippen LogP) is 3.36. The molecule has 2 aromatic carbocycles. The van der Waals surface area contributed by atoms with Gasteiger partial charge in [-0.15, -0.1) is 0 Å². The number of carbonyl (C=O) groups is 1. The summed E-state index contributed by atoms with van der Waals surface area (Å²) in [6, 6.07) is 7.54. The number of benzene rings is 2. The van der Waals surface area contributed by atoms with Crippen LogP contribution in [0.4, 0.5) is 20.2 Å². The molecule has 0 aliphatic carbocycles. The fourth-order valence-electron chi connectivity index (χ4n) is 3.12. The van der Waals surface area contributed by atoms with Crippen molar-refractivity contribution in [3.8, 4) is 0 Å². The number of amides is 1. The largest absolute Gasteiger partial charge is 0.362 e. The molecule has 0 saturated heterocycles. The fraction of sp³-hybridized carbons (Fsp3) is 0.235. The number of rotatable bonds is 3. The highest BCUT2D eigenvalue weighted by atomic mass is 32.1. The van der Waals surface area contributed by atoms with Crippen molar-refractivity contribution in [1.82, 2.24) is 8.75 Å². The first kappa shape index (κ1) is 15.9. The number of hydrogen-bond donors (Lipinski definition) is 1. The Kier molecular flexibility index (Phi) is 4.04. The van der Waals surface area contributed by atoms with E-state index in [1.165, 1.54) is 6.07 Å². The van der Waals surface area contributed by atoms with Crippen molar-refractivity contribution in [1.29, 1.82) is 0 Å². The normalized spacial score (nSPS) is 13.8. The van der Waals surface area contributed by atoms with E-state index in [0.717, 1.165) is 23.3 Å². The van der Waals surface area contributed by atoms with E-state index in [2.05, 4.69) is 14.1 Å². The molecule has 1 aliphatic heterocycles. The fourth-order valence-corrected chi connectivity index (χ4v) is 3.67. The lowest BCUT2D eigenvalue weighted by molar-refractivity contribution is -0.115. The molecule has 0 atom stereocenters. The molecule has 4 rings (SSSR count). The van der Waals surface area contributed by atoms with Crippen LogP contribution in [0.15, 0.2) is 30.3 Å². The van der Waals surface area contributed by atoms with E-state index in [9.17, 15) is 13.6 Å². The molecule has 8 heteroatoms. The molecule has 1 amide bonds. The minimum Gasteiger partial charge on any atom is -0.362 e. The molecule has 0 radical (unpaired) electrons. The molecule has 25 heavy (non-hydrogen) atoms. The number of carbonyl (C=O) groups excluding carboxylic acids is 1. The number of fused-ring (bicyclic) bond motifs is 2. The maximum Gasteiger partial charge on any atom is 0.243 e. The zero-order valence-corrected chi connectivity index (χ0v) is 13.9. The summed E-state index contributed by atoms with van der Waals surface area (Å²) in [6.45, 7) is 0.593. The lowest BCUT2D eigenvalue weighted by atomic mass is 10.0. The maximum absolute atomic E-state index is 13.9.